The van der Waals surface area contributed by atoms with Gasteiger partial charge in [0.2, 0.25) is 5.67 Å². The third-order valence-electron chi connectivity index (χ3n) is 5.26. The van der Waals surface area contributed by atoms with E-state index in [0.29, 0.717) is 0 Å². The van der Waals surface area contributed by atoms with Crippen molar-refractivity contribution in [1.82, 2.24) is 14.6 Å². The van der Waals surface area contributed by atoms with Gasteiger partial charge in [0.05, 0.1) is 6.10 Å². The van der Waals surface area contributed by atoms with E-state index >= 15 is 8.78 Å². The first-order valence-electron chi connectivity index (χ1n) is 11.2. The molecule has 15 heteroatoms. The summed E-state index contributed by atoms with van der Waals surface area (Å²) in [6.45, 7) is 3.15. The molecular formula is C23H26F2N3O8PS. The number of nitrogens with zero attached hydrogens (tertiary/aromatic N) is 1. The maximum Gasteiger partial charge on any atom is 0.459 e. The number of terminal acetylenes is 1. The number of hydrogen-bond acceptors (Lipinski definition) is 9. The van der Waals surface area contributed by atoms with Gasteiger partial charge in [-0.2, -0.15) is 5.09 Å². The largest absolute Gasteiger partial charge is 0.462 e. The highest BCUT2D eigenvalue weighted by atomic mass is 32.1. The van der Waals surface area contributed by atoms with Crippen LogP contribution in [0.5, 0.6) is 5.75 Å². The molecule has 0 radical (unpaired) electrons. The monoisotopic (exact) mass is 573 g/mol. The lowest BCUT2D eigenvalue weighted by atomic mass is 9.96. The Morgan fingerprint density at radius 1 is 1.34 bits per heavy atom. The van der Waals surface area contributed by atoms with Crippen LogP contribution in [0, 0.1) is 17.1 Å². The predicted molar refractivity (Wildman–Crippen MR) is 133 cm³/mol. The molecule has 2 aromatic rings. The van der Waals surface area contributed by atoms with E-state index in [1.807, 2.05) is 0 Å². The number of nitrogens with one attached hydrogen (secondary N) is 2. The average molecular weight is 574 g/mol. The summed E-state index contributed by atoms with van der Waals surface area (Å²) in [5.74, 6) is -2.50. The molecule has 0 spiro atoms. The number of rotatable bonds is 10. The Bertz CT molecular complexity index is 1370. The van der Waals surface area contributed by atoms with Crippen LogP contribution in [-0.4, -0.2) is 57.0 Å². The molecule has 1 aromatic carbocycles. The fraction of sp³-hybridized carbons (Fsp3) is 0.435. The molecule has 2 heterocycles. The van der Waals surface area contributed by atoms with Crippen LogP contribution in [0.4, 0.5) is 8.78 Å². The highest BCUT2D eigenvalue weighted by molar-refractivity contribution is 7.71. The van der Waals surface area contributed by atoms with Gasteiger partial charge in [-0.25, -0.2) is 13.3 Å². The Morgan fingerprint density at radius 2 is 2.00 bits per heavy atom. The van der Waals surface area contributed by atoms with Crippen LogP contribution in [0.1, 0.15) is 27.0 Å². The fourth-order valence-corrected chi connectivity index (χ4v) is 5.19. The Hall–Kier alpha value is -2.92. The number of H-pyrrole nitrogens is 1. The van der Waals surface area contributed by atoms with Crippen molar-refractivity contribution in [3.8, 4) is 18.1 Å². The molecule has 1 aliphatic heterocycles. The van der Waals surface area contributed by atoms with Gasteiger partial charge in [-0.3, -0.25) is 23.7 Å². The van der Waals surface area contributed by atoms with Gasteiger partial charge in [0.15, 0.2) is 17.1 Å². The maximum atomic E-state index is 15.9. The lowest BCUT2D eigenvalue weighted by Gasteiger charge is -2.28. The standard InChI is InChI=1S/C23H26F2N3O8PS/c1-5-22(24)19(31)23(25,35-20(22)28-12-11-17(29)26-21(28)38)13-33-37(32,36-16-9-7-6-8-10-16)27-15(4)18(30)34-14(2)3/h1,6-12,14-15,19-20,31H,13H2,2-4H3,(H,27,32)(H,26,29,38)/t15-,19?,20+,22+,23+,37?/m0/s1. The number of aromatic nitrogens is 2. The number of para-hydroxylation sites is 1. The number of carbonyl (C=O) groups excluding carboxylic acids is 1. The van der Waals surface area contributed by atoms with Crippen molar-refractivity contribution in [1.29, 1.82) is 0 Å². The average Bonchev–Trinajstić information content (AvgIpc) is 3.05. The molecule has 1 aromatic heterocycles. The zero-order valence-electron chi connectivity index (χ0n) is 20.5. The summed E-state index contributed by atoms with van der Waals surface area (Å²) in [7, 11) is -4.61. The van der Waals surface area contributed by atoms with E-state index in [9.17, 15) is 19.3 Å². The second-order valence-corrected chi connectivity index (χ2v) is 10.7. The minimum atomic E-state index is -4.61. The number of ether oxygens (including phenoxy) is 2. The van der Waals surface area contributed by atoms with Crippen LogP contribution in [-0.2, 0) is 23.4 Å². The molecule has 3 rings (SSSR count). The first-order chi connectivity index (χ1) is 17.7. The van der Waals surface area contributed by atoms with E-state index in [1.54, 1.807) is 38.0 Å². The van der Waals surface area contributed by atoms with Crippen molar-refractivity contribution in [3.05, 3.63) is 57.7 Å². The first kappa shape index (κ1) is 29.6. The number of aromatic amines is 1. The van der Waals surface area contributed by atoms with Crippen molar-refractivity contribution in [3.63, 3.8) is 0 Å². The minimum Gasteiger partial charge on any atom is -0.462 e. The number of aliphatic hydroxyl groups excluding tert-OH is 1. The van der Waals surface area contributed by atoms with Gasteiger partial charge in [0.1, 0.15) is 18.4 Å². The summed E-state index contributed by atoms with van der Waals surface area (Å²) in [5.41, 5.74) is -3.82. The molecule has 38 heavy (non-hydrogen) atoms. The number of carbonyl (C=O) groups is 1. The van der Waals surface area contributed by atoms with Crippen LogP contribution in [0.15, 0.2) is 47.4 Å². The molecule has 1 aliphatic rings. The van der Waals surface area contributed by atoms with Gasteiger partial charge in [-0.1, -0.05) is 24.1 Å². The van der Waals surface area contributed by atoms with Crippen molar-refractivity contribution >= 4 is 25.9 Å². The quantitative estimate of drug-likeness (QED) is 0.168. The number of hydrogen-bond donors (Lipinski definition) is 3. The fourth-order valence-electron chi connectivity index (χ4n) is 3.43. The predicted octanol–water partition coefficient (Wildman–Crippen LogP) is 2.94. The van der Waals surface area contributed by atoms with E-state index in [-0.39, 0.29) is 10.5 Å². The molecule has 3 N–H and O–H groups in total. The molecular weight excluding hydrogens is 547 g/mol. The maximum absolute atomic E-state index is 15.9. The van der Waals surface area contributed by atoms with Gasteiger partial charge in [-0.05, 0) is 45.1 Å². The van der Waals surface area contributed by atoms with E-state index < -0.39 is 61.9 Å². The summed E-state index contributed by atoms with van der Waals surface area (Å²) in [6, 6.07) is 7.30. The highest BCUT2D eigenvalue weighted by Crippen LogP contribution is 2.51. The molecule has 0 bridgehead atoms. The van der Waals surface area contributed by atoms with Crippen LogP contribution in [0.25, 0.3) is 0 Å². The van der Waals surface area contributed by atoms with Crippen molar-refractivity contribution in [2.45, 2.75) is 56.8 Å². The van der Waals surface area contributed by atoms with Crippen molar-refractivity contribution < 1.29 is 41.8 Å². The van der Waals surface area contributed by atoms with E-state index in [4.69, 9.17) is 37.2 Å². The molecule has 1 saturated heterocycles. The summed E-state index contributed by atoms with van der Waals surface area (Å²) in [5, 5.41) is 12.9. The molecule has 206 valence electrons. The molecule has 6 atom stereocenters. The smallest absolute Gasteiger partial charge is 0.459 e. The molecule has 0 aliphatic carbocycles. The number of esters is 1. The normalized spacial score (nSPS) is 27.3. The summed E-state index contributed by atoms with van der Waals surface area (Å²) in [4.78, 5) is 26.0. The Kier molecular flexibility index (Phi) is 8.93. The third-order valence-corrected chi connectivity index (χ3v) is 7.19. The Balaban J connectivity index is 1.90. The second kappa shape index (κ2) is 11.4. The summed E-state index contributed by atoms with van der Waals surface area (Å²) in [6.07, 6.45) is 1.09. The summed E-state index contributed by atoms with van der Waals surface area (Å²) >= 11 is 4.98. The number of benzene rings is 1. The van der Waals surface area contributed by atoms with E-state index in [2.05, 4.69) is 10.1 Å². The zero-order valence-corrected chi connectivity index (χ0v) is 22.2. The highest BCUT2D eigenvalue weighted by Gasteiger charge is 2.67. The molecule has 0 amide bonds. The van der Waals surface area contributed by atoms with Crippen LogP contribution in [0.3, 0.4) is 0 Å². The van der Waals surface area contributed by atoms with Gasteiger partial charge < -0.3 is 19.1 Å². The summed E-state index contributed by atoms with van der Waals surface area (Å²) < 4.78 is 66.5. The Labute approximate surface area is 221 Å². The molecule has 1 fully saturated rings. The van der Waals surface area contributed by atoms with E-state index in [0.717, 1.165) is 16.8 Å². The number of aliphatic hydroxyl groups is 1. The number of halogens is 2. The SMILES string of the molecule is C#C[C@@]1(F)C(O)[C@@](F)(COP(=O)(N[C@@H](C)C(=O)OC(C)C)Oc2ccccc2)O[C@H]1n1ccc(=O)[nH]c1=S. The van der Waals surface area contributed by atoms with Crippen LogP contribution in [0.2, 0.25) is 0 Å². The minimum absolute atomic E-state index is 0.0226. The van der Waals surface area contributed by atoms with Gasteiger partial charge in [0, 0.05) is 12.3 Å². The van der Waals surface area contributed by atoms with Gasteiger partial charge in [0.25, 0.3) is 11.4 Å². The van der Waals surface area contributed by atoms with E-state index in [1.165, 1.54) is 19.1 Å². The Morgan fingerprint density at radius 3 is 2.58 bits per heavy atom. The van der Waals surface area contributed by atoms with Crippen LogP contribution >= 0.6 is 20.0 Å². The van der Waals surface area contributed by atoms with Crippen molar-refractivity contribution in [2.75, 3.05) is 6.61 Å². The third kappa shape index (κ3) is 6.37. The zero-order chi connectivity index (χ0) is 28.3. The molecule has 2 unspecified atom stereocenters. The lowest BCUT2D eigenvalue weighted by molar-refractivity contribution is -0.203. The van der Waals surface area contributed by atoms with Gasteiger partial charge in [-0.15, -0.1) is 6.42 Å². The molecule has 0 saturated carbocycles. The van der Waals surface area contributed by atoms with Crippen LogP contribution < -0.4 is 15.2 Å². The number of alkyl halides is 2. The topological polar surface area (TPSA) is 141 Å². The lowest BCUT2D eigenvalue weighted by Crippen LogP contribution is -2.48. The first-order valence-corrected chi connectivity index (χ1v) is 13.2. The second-order valence-electron chi connectivity index (χ2n) is 8.60. The van der Waals surface area contributed by atoms with Gasteiger partial charge >= 0.3 is 13.7 Å². The molecule has 11 nitrogen and oxygen atoms in total. The van der Waals surface area contributed by atoms with Crippen molar-refractivity contribution in [2.24, 2.45) is 0 Å².